The fourth-order valence-corrected chi connectivity index (χ4v) is 3.28. The van der Waals surface area contributed by atoms with Crippen molar-refractivity contribution >= 4 is 23.1 Å². The smallest absolute Gasteiger partial charge is 0.319 e. The molecule has 2 amide bonds. The minimum atomic E-state index is -0.122. The normalized spacial score (nSPS) is 17.6. The third kappa shape index (κ3) is 2.85. The van der Waals surface area contributed by atoms with E-state index in [-0.39, 0.29) is 6.03 Å². The molecule has 2 aromatic heterocycles. The summed E-state index contributed by atoms with van der Waals surface area (Å²) >= 11 is 1.59. The molecule has 0 spiro atoms. The summed E-state index contributed by atoms with van der Waals surface area (Å²) in [7, 11) is 0. The minimum absolute atomic E-state index is 0.122. The number of urea groups is 1. The first-order valence-corrected chi connectivity index (χ1v) is 7.74. The van der Waals surface area contributed by atoms with Gasteiger partial charge in [-0.25, -0.2) is 9.78 Å². The number of aryl methyl sites for hydroxylation is 2. The summed E-state index contributed by atoms with van der Waals surface area (Å²) in [6, 6.07) is -0.122. The zero-order chi connectivity index (χ0) is 13.9. The molecule has 0 fully saturated rings. The molecule has 0 aromatic carbocycles. The second-order valence-electron chi connectivity index (χ2n) is 5.20. The number of amides is 2. The van der Waals surface area contributed by atoms with Crippen molar-refractivity contribution in [3.8, 4) is 0 Å². The Balaban J connectivity index is 1.48. The average molecular weight is 290 g/mol. The van der Waals surface area contributed by atoms with Crippen molar-refractivity contribution in [2.24, 2.45) is 5.92 Å². The van der Waals surface area contributed by atoms with Crippen LogP contribution in [0.2, 0.25) is 0 Å². The van der Waals surface area contributed by atoms with E-state index in [1.807, 2.05) is 30.1 Å². The minimum Gasteiger partial charge on any atom is -0.338 e. The number of aromatic nitrogens is 2. The molecule has 2 N–H and O–H groups in total. The van der Waals surface area contributed by atoms with Crippen LogP contribution in [0.3, 0.4) is 0 Å². The lowest BCUT2D eigenvalue weighted by Crippen LogP contribution is -2.36. The van der Waals surface area contributed by atoms with Gasteiger partial charge in [0.2, 0.25) is 0 Å². The van der Waals surface area contributed by atoms with Gasteiger partial charge in [0.1, 0.15) is 5.82 Å². The predicted octanol–water partition coefficient (Wildman–Crippen LogP) is 2.64. The third-order valence-electron chi connectivity index (χ3n) is 3.69. The molecule has 1 aliphatic heterocycles. The van der Waals surface area contributed by atoms with Crippen LogP contribution in [0.15, 0.2) is 23.2 Å². The fraction of sp³-hybridized carbons (Fsp3) is 0.429. The predicted molar refractivity (Wildman–Crippen MR) is 80.1 cm³/mol. The molecule has 0 aliphatic carbocycles. The number of rotatable bonds is 3. The van der Waals surface area contributed by atoms with Crippen molar-refractivity contribution in [1.29, 1.82) is 0 Å². The second-order valence-corrected chi connectivity index (χ2v) is 5.95. The van der Waals surface area contributed by atoms with E-state index in [2.05, 4.69) is 20.2 Å². The highest BCUT2D eigenvalue weighted by molar-refractivity contribution is 7.08. The number of fused-ring (bicyclic) bond motifs is 1. The van der Waals surface area contributed by atoms with Crippen molar-refractivity contribution in [2.45, 2.75) is 26.3 Å². The lowest BCUT2D eigenvalue weighted by Gasteiger charge is -2.24. The molecule has 1 atom stereocenters. The standard InChI is InChI=1S/C14H18N4OS/c1-10-8-20-9-12(10)17-14(19)16-6-11-2-3-13-15-4-5-18(13)7-11/h4-5,8-9,11H,2-3,6-7H2,1H3,(H2,16,17,19). The van der Waals surface area contributed by atoms with Crippen LogP contribution in [0.25, 0.3) is 0 Å². The molecule has 3 rings (SSSR count). The molecule has 1 aliphatic rings. The number of nitrogens with one attached hydrogen (secondary N) is 2. The lowest BCUT2D eigenvalue weighted by molar-refractivity contribution is 0.247. The Kier molecular flexibility index (Phi) is 3.73. The van der Waals surface area contributed by atoms with Gasteiger partial charge in [0.15, 0.2) is 0 Å². The van der Waals surface area contributed by atoms with E-state index in [0.29, 0.717) is 12.5 Å². The number of carbonyl (C=O) groups excluding carboxylic acids is 1. The molecule has 20 heavy (non-hydrogen) atoms. The van der Waals surface area contributed by atoms with E-state index >= 15 is 0 Å². The maximum atomic E-state index is 11.9. The molecule has 2 aromatic rings. The highest BCUT2D eigenvalue weighted by atomic mass is 32.1. The molecule has 1 unspecified atom stereocenters. The number of nitrogens with zero attached hydrogens (tertiary/aromatic N) is 2. The van der Waals surface area contributed by atoms with Crippen LogP contribution < -0.4 is 10.6 Å². The summed E-state index contributed by atoms with van der Waals surface area (Å²) in [4.78, 5) is 16.2. The zero-order valence-corrected chi connectivity index (χ0v) is 12.2. The van der Waals surface area contributed by atoms with Gasteiger partial charge in [-0.1, -0.05) is 0 Å². The summed E-state index contributed by atoms with van der Waals surface area (Å²) in [6.07, 6.45) is 5.92. The molecule has 0 radical (unpaired) electrons. The maximum absolute atomic E-state index is 11.9. The van der Waals surface area contributed by atoms with Gasteiger partial charge in [-0.15, -0.1) is 11.3 Å². The van der Waals surface area contributed by atoms with Gasteiger partial charge >= 0.3 is 6.03 Å². The van der Waals surface area contributed by atoms with Crippen LogP contribution in [-0.2, 0) is 13.0 Å². The zero-order valence-electron chi connectivity index (χ0n) is 11.4. The van der Waals surface area contributed by atoms with E-state index < -0.39 is 0 Å². The highest BCUT2D eigenvalue weighted by Gasteiger charge is 2.19. The van der Waals surface area contributed by atoms with Crippen molar-refractivity contribution in [3.63, 3.8) is 0 Å². The quantitative estimate of drug-likeness (QED) is 0.913. The summed E-state index contributed by atoms with van der Waals surface area (Å²) in [5, 5.41) is 9.82. The number of thiophene rings is 1. The topological polar surface area (TPSA) is 59.0 Å². The lowest BCUT2D eigenvalue weighted by atomic mass is 9.99. The number of hydrogen-bond acceptors (Lipinski definition) is 3. The first-order chi connectivity index (χ1) is 9.72. The van der Waals surface area contributed by atoms with Gasteiger partial charge in [-0.2, -0.15) is 0 Å². The van der Waals surface area contributed by atoms with Crippen LogP contribution in [0.5, 0.6) is 0 Å². The first kappa shape index (κ1) is 13.2. The van der Waals surface area contributed by atoms with Gasteiger partial charge in [-0.05, 0) is 30.2 Å². The summed E-state index contributed by atoms with van der Waals surface area (Å²) in [5.74, 6) is 1.63. The fourth-order valence-electron chi connectivity index (χ4n) is 2.50. The first-order valence-electron chi connectivity index (χ1n) is 6.80. The number of carbonyl (C=O) groups is 1. The Morgan fingerprint density at radius 1 is 1.55 bits per heavy atom. The monoisotopic (exact) mass is 290 g/mol. The SMILES string of the molecule is Cc1cscc1NC(=O)NCC1CCc2nccn2C1. The average Bonchev–Trinajstić information content (AvgIpc) is 3.05. The molecule has 6 heteroatoms. The van der Waals surface area contributed by atoms with Crippen LogP contribution in [0.1, 0.15) is 17.8 Å². The Hall–Kier alpha value is -1.82. The molecule has 0 bridgehead atoms. The van der Waals surface area contributed by atoms with Gasteiger partial charge in [0.05, 0.1) is 5.69 Å². The van der Waals surface area contributed by atoms with E-state index in [1.54, 1.807) is 11.3 Å². The maximum Gasteiger partial charge on any atom is 0.319 e. The highest BCUT2D eigenvalue weighted by Crippen LogP contribution is 2.20. The largest absolute Gasteiger partial charge is 0.338 e. The number of imidazole rings is 1. The van der Waals surface area contributed by atoms with E-state index in [4.69, 9.17) is 0 Å². The summed E-state index contributed by atoms with van der Waals surface area (Å²) in [5.41, 5.74) is 2.00. The molecular formula is C14H18N4OS. The Bertz CT molecular complexity index is 604. The molecule has 3 heterocycles. The Labute approximate surface area is 122 Å². The van der Waals surface area contributed by atoms with Crippen molar-refractivity contribution < 1.29 is 4.79 Å². The number of anilines is 1. The van der Waals surface area contributed by atoms with Crippen molar-refractivity contribution in [2.75, 3.05) is 11.9 Å². The van der Waals surface area contributed by atoms with E-state index in [0.717, 1.165) is 36.5 Å². The van der Waals surface area contributed by atoms with Crippen LogP contribution >= 0.6 is 11.3 Å². The summed E-state index contributed by atoms with van der Waals surface area (Å²) < 4.78 is 2.18. The van der Waals surface area contributed by atoms with Crippen LogP contribution in [-0.4, -0.2) is 22.1 Å². The molecule has 0 saturated heterocycles. The Morgan fingerprint density at radius 2 is 2.45 bits per heavy atom. The van der Waals surface area contributed by atoms with Crippen molar-refractivity contribution in [1.82, 2.24) is 14.9 Å². The van der Waals surface area contributed by atoms with Crippen molar-refractivity contribution in [3.05, 3.63) is 34.5 Å². The number of hydrogen-bond donors (Lipinski definition) is 2. The molecular weight excluding hydrogens is 272 g/mol. The van der Waals surface area contributed by atoms with Crippen LogP contribution in [0.4, 0.5) is 10.5 Å². The van der Waals surface area contributed by atoms with Gasteiger partial charge in [0, 0.05) is 37.3 Å². The molecule has 106 valence electrons. The van der Waals surface area contributed by atoms with Crippen LogP contribution in [0, 0.1) is 12.8 Å². The molecule has 0 saturated carbocycles. The van der Waals surface area contributed by atoms with E-state index in [1.165, 1.54) is 0 Å². The Morgan fingerprint density at radius 3 is 3.25 bits per heavy atom. The molecule has 5 nitrogen and oxygen atoms in total. The van der Waals surface area contributed by atoms with Gasteiger partial charge in [-0.3, -0.25) is 0 Å². The van der Waals surface area contributed by atoms with E-state index in [9.17, 15) is 4.79 Å². The van der Waals surface area contributed by atoms with Gasteiger partial charge < -0.3 is 15.2 Å². The van der Waals surface area contributed by atoms with Gasteiger partial charge in [0.25, 0.3) is 0 Å². The second kappa shape index (κ2) is 5.66. The summed E-state index contributed by atoms with van der Waals surface area (Å²) in [6.45, 7) is 3.63. The third-order valence-corrected chi connectivity index (χ3v) is 4.55.